The minimum Gasteiger partial charge on any atom is -0.492 e. The van der Waals surface area contributed by atoms with E-state index in [2.05, 4.69) is 0 Å². The molecule has 1 atom stereocenters. The molecule has 0 saturated heterocycles. The van der Waals surface area contributed by atoms with Crippen molar-refractivity contribution >= 4 is 12.3 Å². The third-order valence-electron chi connectivity index (χ3n) is 3.74. The molecule has 0 spiro atoms. The Morgan fingerprint density at radius 1 is 1.16 bits per heavy atom. The van der Waals surface area contributed by atoms with E-state index in [-0.39, 0.29) is 18.4 Å². The number of carbonyl (C=O) groups is 2. The molecule has 0 saturated carbocycles. The van der Waals surface area contributed by atoms with Crippen LogP contribution in [0.4, 0.5) is 0 Å². The molecule has 0 aliphatic rings. The molecule has 0 aromatic heterocycles. The van der Waals surface area contributed by atoms with Crippen LogP contribution in [0.5, 0.6) is 5.75 Å². The summed E-state index contributed by atoms with van der Waals surface area (Å²) in [4.78, 5) is 27.6. The topological polar surface area (TPSA) is 81.9 Å². The summed E-state index contributed by atoms with van der Waals surface area (Å²) in [5.41, 5.74) is 7.10. The molecule has 0 bridgehead atoms. The maximum absolute atomic E-state index is 11.2. The van der Waals surface area contributed by atoms with E-state index in [0.29, 0.717) is 25.3 Å². The predicted molar refractivity (Wildman–Crippen MR) is 93.5 cm³/mol. The van der Waals surface area contributed by atoms with Gasteiger partial charge in [0.2, 0.25) is 12.3 Å². The number of rotatable bonds is 10. The minimum absolute atomic E-state index is 0.290. The molecule has 1 unspecified atom stereocenters. The summed E-state index contributed by atoms with van der Waals surface area (Å²) < 4.78 is 5.59. The summed E-state index contributed by atoms with van der Waals surface area (Å²) in [6.45, 7) is 2.66. The third-order valence-corrected chi connectivity index (χ3v) is 3.74. The van der Waals surface area contributed by atoms with Gasteiger partial charge in [0.15, 0.2) is 0 Å². The highest BCUT2D eigenvalue weighted by Gasteiger charge is 2.11. The van der Waals surface area contributed by atoms with Crippen molar-refractivity contribution in [3.8, 4) is 5.75 Å². The maximum atomic E-state index is 11.2. The average Bonchev–Trinajstić information content (AvgIpc) is 2.65. The number of nitrogens with zero attached hydrogens (tertiary/aromatic N) is 1. The van der Waals surface area contributed by atoms with Crippen molar-refractivity contribution in [1.82, 2.24) is 5.06 Å². The predicted octanol–water partition coefficient (Wildman–Crippen LogP) is 2.24. The zero-order valence-corrected chi connectivity index (χ0v) is 14.1. The van der Waals surface area contributed by atoms with Gasteiger partial charge < -0.3 is 10.5 Å². The van der Waals surface area contributed by atoms with E-state index in [0.717, 1.165) is 11.1 Å². The molecule has 2 rings (SSSR count). The SMILES string of the molecule is CC(C(N)=O)c1ccc(OCCN(C=O)OCc2ccccc2)cc1. The summed E-state index contributed by atoms with van der Waals surface area (Å²) in [6, 6.07) is 16.7. The summed E-state index contributed by atoms with van der Waals surface area (Å²) in [7, 11) is 0. The zero-order chi connectivity index (χ0) is 18.1. The van der Waals surface area contributed by atoms with Crippen LogP contribution in [0.1, 0.15) is 24.0 Å². The van der Waals surface area contributed by atoms with Crippen molar-refractivity contribution in [3.63, 3.8) is 0 Å². The van der Waals surface area contributed by atoms with Crippen LogP contribution in [0.15, 0.2) is 54.6 Å². The lowest BCUT2D eigenvalue weighted by Crippen LogP contribution is -2.27. The molecule has 0 heterocycles. The molecule has 132 valence electrons. The average molecular weight is 342 g/mol. The van der Waals surface area contributed by atoms with Crippen LogP contribution >= 0.6 is 0 Å². The van der Waals surface area contributed by atoms with Crippen LogP contribution in [0.25, 0.3) is 0 Å². The smallest absolute Gasteiger partial charge is 0.233 e. The first-order valence-corrected chi connectivity index (χ1v) is 8.01. The lowest BCUT2D eigenvalue weighted by atomic mass is 10.0. The Morgan fingerprint density at radius 2 is 1.84 bits per heavy atom. The van der Waals surface area contributed by atoms with Gasteiger partial charge in [0, 0.05) is 0 Å². The summed E-state index contributed by atoms with van der Waals surface area (Å²) >= 11 is 0. The van der Waals surface area contributed by atoms with Crippen LogP contribution in [0.3, 0.4) is 0 Å². The van der Waals surface area contributed by atoms with Gasteiger partial charge in [0.05, 0.1) is 12.5 Å². The fourth-order valence-electron chi connectivity index (χ4n) is 2.15. The molecule has 2 aromatic carbocycles. The van der Waals surface area contributed by atoms with Crippen molar-refractivity contribution in [2.75, 3.05) is 13.2 Å². The first kappa shape index (κ1) is 18.5. The number of amides is 2. The highest BCUT2D eigenvalue weighted by Crippen LogP contribution is 2.19. The van der Waals surface area contributed by atoms with E-state index >= 15 is 0 Å². The number of benzene rings is 2. The lowest BCUT2D eigenvalue weighted by Gasteiger charge is -2.17. The molecular formula is C19H22N2O4. The van der Waals surface area contributed by atoms with Crippen LogP contribution in [-0.2, 0) is 21.0 Å². The molecular weight excluding hydrogens is 320 g/mol. The van der Waals surface area contributed by atoms with Crippen molar-refractivity contribution < 1.29 is 19.2 Å². The van der Waals surface area contributed by atoms with E-state index in [1.165, 1.54) is 5.06 Å². The largest absolute Gasteiger partial charge is 0.492 e. The molecule has 0 aliphatic carbocycles. The van der Waals surface area contributed by atoms with Crippen molar-refractivity contribution in [2.45, 2.75) is 19.4 Å². The normalized spacial score (nSPS) is 11.6. The van der Waals surface area contributed by atoms with Crippen molar-refractivity contribution in [3.05, 3.63) is 65.7 Å². The first-order chi connectivity index (χ1) is 12.1. The standard InChI is InChI=1S/C19H22N2O4/c1-15(19(20)23)17-7-9-18(10-8-17)24-12-11-21(14-22)25-13-16-5-3-2-4-6-16/h2-10,14-15H,11-13H2,1H3,(H2,20,23). The molecule has 0 aliphatic heterocycles. The fourth-order valence-corrected chi connectivity index (χ4v) is 2.15. The molecule has 6 heteroatoms. The Morgan fingerprint density at radius 3 is 2.44 bits per heavy atom. The second kappa shape index (κ2) is 9.44. The third kappa shape index (κ3) is 5.93. The summed E-state index contributed by atoms with van der Waals surface area (Å²) in [5, 5.41) is 1.20. The van der Waals surface area contributed by atoms with Crippen molar-refractivity contribution in [2.24, 2.45) is 5.73 Å². The van der Waals surface area contributed by atoms with Gasteiger partial charge in [-0.05, 0) is 30.2 Å². The van der Waals surface area contributed by atoms with Crippen LogP contribution in [0, 0.1) is 0 Å². The van der Waals surface area contributed by atoms with Gasteiger partial charge in [0.1, 0.15) is 19.0 Å². The maximum Gasteiger partial charge on any atom is 0.233 e. The van der Waals surface area contributed by atoms with E-state index in [9.17, 15) is 9.59 Å². The highest BCUT2D eigenvalue weighted by atomic mass is 16.7. The molecule has 2 amide bonds. The lowest BCUT2D eigenvalue weighted by molar-refractivity contribution is -0.179. The Kier molecular flexibility index (Phi) is 6.98. The van der Waals surface area contributed by atoms with Crippen molar-refractivity contribution in [1.29, 1.82) is 0 Å². The second-order valence-electron chi connectivity index (χ2n) is 5.55. The fraction of sp³-hybridized carbons (Fsp3) is 0.263. The quantitative estimate of drug-likeness (QED) is 0.530. The van der Waals surface area contributed by atoms with Crippen LogP contribution in [0.2, 0.25) is 0 Å². The summed E-state index contributed by atoms with van der Waals surface area (Å²) in [6.07, 6.45) is 0.629. The van der Waals surface area contributed by atoms with Gasteiger partial charge in [-0.15, -0.1) is 0 Å². The number of carbonyl (C=O) groups excluding carboxylic acids is 2. The first-order valence-electron chi connectivity index (χ1n) is 8.01. The van der Waals surface area contributed by atoms with E-state index < -0.39 is 0 Å². The Labute approximate surface area is 147 Å². The minimum atomic E-state index is -0.370. The number of hydrogen-bond acceptors (Lipinski definition) is 4. The number of hydroxylamine groups is 2. The molecule has 2 aromatic rings. The van der Waals surface area contributed by atoms with E-state index in [4.69, 9.17) is 15.3 Å². The monoisotopic (exact) mass is 342 g/mol. The van der Waals surface area contributed by atoms with Gasteiger partial charge in [0.25, 0.3) is 0 Å². The van der Waals surface area contributed by atoms with E-state index in [1.807, 2.05) is 30.3 Å². The molecule has 0 radical (unpaired) electrons. The molecule has 25 heavy (non-hydrogen) atoms. The number of nitrogens with two attached hydrogens (primary N) is 1. The van der Waals surface area contributed by atoms with Gasteiger partial charge in [-0.1, -0.05) is 42.5 Å². The van der Waals surface area contributed by atoms with Gasteiger partial charge in [-0.3, -0.25) is 14.4 Å². The zero-order valence-electron chi connectivity index (χ0n) is 14.1. The molecule has 0 fully saturated rings. The van der Waals surface area contributed by atoms with Gasteiger partial charge in [-0.2, -0.15) is 0 Å². The summed E-state index contributed by atoms with van der Waals surface area (Å²) in [5.74, 6) is -0.0637. The highest BCUT2D eigenvalue weighted by molar-refractivity contribution is 5.81. The van der Waals surface area contributed by atoms with E-state index in [1.54, 1.807) is 31.2 Å². The number of primary amides is 1. The Hall–Kier alpha value is -2.86. The molecule has 2 N–H and O–H groups in total. The number of hydrogen-bond donors (Lipinski definition) is 1. The number of ether oxygens (including phenoxy) is 1. The second-order valence-corrected chi connectivity index (χ2v) is 5.55. The van der Waals surface area contributed by atoms with Gasteiger partial charge >= 0.3 is 0 Å². The van der Waals surface area contributed by atoms with Crippen LogP contribution in [-0.4, -0.2) is 30.5 Å². The van der Waals surface area contributed by atoms with Gasteiger partial charge in [-0.25, -0.2) is 5.06 Å². The Balaban J connectivity index is 1.76. The van der Waals surface area contributed by atoms with Crippen LogP contribution < -0.4 is 10.5 Å². The molecule has 6 nitrogen and oxygen atoms in total. The Bertz CT molecular complexity index is 674.